The lowest BCUT2D eigenvalue weighted by molar-refractivity contribution is -0.384. The molecule has 1 saturated carbocycles. The van der Waals surface area contributed by atoms with E-state index in [1.165, 1.54) is 12.1 Å². The third-order valence-electron chi connectivity index (χ3n) is 6.50. The molecule has 0 atom stereocenters. The van der Waals surface area contributed by atoms with Crippen LogP contribution in [0.3, 0.4) is 0 Å². The number of carbonyl (C=O) groups excluding carboxylic acids is 1. The van der Waals surface area contributed by atoms with Crippen molar-refractivity contribution >= 4 is 23.0 Å². The average molecular weight is 418 g/mol. The normalized spacial score (nSPS) is 17.7. The lowest BCUT2D eigenvalue weighted by Gasteiger charge is -2.30. The van der Waals surface area contributed by atoms with Gasteiger partial charge in [0.15, 0.2) is 0 Å². The maximum absolute atomic E-state index is 13.1. The molecule has 1 N–H and O–H groups in total. The molecular formula is C24H26N4O3. The quantitative estimate of drug-likeness (QED) is 0.533. The van der Waals surface area contributed by atoms with Crippen molar-refractivity contribution in [3.05, 3.63) is 63.7 Å². The molecule has 160 valence electrons. The van der Waals surface area contributed by atoms with E-state index in [1.807, 2.05) is 24.3 Å². The van der Waals surface area contributed by atoms with Gasteiger partial charge in [0, 0.05) is 30.9 Å². The van der Waals surface area contributed by atoms with Gasteiger partial charge in [0.1, 0.15) is 0 Å². The molecule has 0 spiro atoms. The van der Waals surface area contributed by atoms with Crippen molar-refractivity contribution in [2.75, 3.05) is 23.3 Å². The molecule has 0 aromatic heterocycles. The number of nitro groups is 1. The van der Waals surface area contributed by atoms with Gasteiger partial charge in [-0.25, -0.2) is 0 Å². The van der Waals surface area contributed by atoms with E-state index in [9.17, 15) is 20.2 Å². The lowest BCUT2D eigenvalue weighted by Crippen LogP contribution is -2.31. The number of nitriles is 1. The van der Waals surface area contributed by atoms with Gasteiger partial charge in [0.05, 0.1) is 27.7 Å². The van der Waals surface area contributed by atoms with Crippen molar-refractivity contribution < 1.29 is 9.72 Å². The number of non-ortho nitro benzene ring substituents is 1. The van der Waals surface area contributed by atoms with Crippen molar-refractivity contribution in [2.45, 2.75) is 50.4 Å². The third-order valence-corrected chi connectivity index (χ3v) is 6.50. The van der Waals surface area contributed by atoms with Gasteiger partial charge in [-0.3, -0.25) is 14.9 Å². The highest BCUT2D eigenvalue weighted by molar-refractivity contribution is 6.08. The van der Waals surface area contributed by atoms with Crippen LogP contribution in [0.1, 0.15) is 60.9 Å². The first-order valence-corrected chi connectivity index (χ1v) is 10.9. The summed E-state index contributed by atoms with van der Waals surface area (Å²) in [5.74, 6) is -0.368. The summed E-state index contributed by atoms with van der Waals surface area (Å²) in [6, 6.07) is 14.4. The second-order valence-electron chi connectivity index (χ2n) is 8.44. The van der Waals surface area contributed by atoms with Gasteiger partial charge in [-0.2, -0.15) is 5.26 Å². The molecule has 2 aromatic rings. The highest BCUT2D eigenvalue weighted by Crippen LogP contribution is 2.40. The summed E-state index contributed by atoms with van der Waals surface area (Å²) in [7, 11) is 0. The summed E-state index contributed by atoms with van der Waals surface area (Å²) in [6.07, 6.45) is 7.07. The van der Waals surface area contributed by atoms with Gasteiger partial charge < -0.3 is 10.2 Å². The molecule has 1 aliphatic carbocycles. The third kappa shape index (κ3) is 4.24. The van der Waals surface area contributed by atoms with E-state index in [0.29, 0.717) is 11.3 Å². The molecule has 2 aliphatic rings. The van der Waals surface area contributed by atoms with Crippen LogP contribution in [-0.2, 0) is 5.41 Å². The Hall–Kier alpha value is -3.40. The zero-order chi connectivity index (χ0) is 21.8. The van der Waals surface area contributed by atoms with Crippen LogP contribution in [0.15, 0.2) is 42.5 Å². The van der Waals surface area contributed by atoms with Crippen LogP contribution < -0.4 is 10.2 Å². The Labute approximate surface area is 181 Å². The Morgan fingerprint density at radius 3 is 2.32 bits per heavy atom. The van der Waals surface area contributed by atoms with Crippen molar-refractivity contribution in [1.29, 1.82) is 5.26 Å². The number of hydrogen-bond donors (Lipinski definition) is 1. The minimum Gasteiger partial charge on any atom is -0.371 e. The van der Waals surface area contributed by atoms with Gasteiger partial charge in [-0.05, 0) is 55.9 Å². The number of piperidine rings is 1. The zero-order valence-electron chi connectivity index (χ0n) is 17.5. The van der Waals surface area contributed by atoms with Crippen LogP contribution in [0.4, 0.5) is 17.1 Å². The summed E-state index contributed by atoms with van der Waals surface area (Å²) >= 11 is 0. The molecule has 7 nitrogen and oxygen atoms in total. The molecule has 31 heavy (non-hydrogen) atoms. The molecular weight excluding hydrogens is 392 g/mol. The van der Waals surface area contributed by atoms with Crippen LogP contribution in [0.5, 0.6) is 0 Å². The smallest absolute Gasteiger partial charge is 0.270 e. The van der Waals surface area contributed by atoms with Crippen LogP contribution in [0, 0.1) is 21.4 Å². The molecule has 0 radical (unpaired) electrons. The number of benzene rings is 2. The maximum atomic E-state index is 13.1. The van der Waals surface area contributed by atoms with Crippen LogP contribution >= 0.6 is 0 Å². The summed E-state index contributed by atoms with van der Waals surface area (Å²) < 4.78 is 0. The summed E-state index contributed by atoms with van der Waals surface area (Å²) in [4.78, 5) is 26.0. The van der Waals surface area contributed by atoms with E-state index in [2.05, 4.69) is 16.3 Å². The highest BCUT2D eigenvalue weighted by Gasteiger charge is 2.35. The first-order valence-electron chi connectivity index (χ1n) is 10.9. The summed E-state index contributed by atoms with van der Waals surface area (Å²) in [6.45, 7) is 1.67. The molecule has 1 saturated heterocycles. The second-order valence-corrected chi connectivity index (χ2v) is 8.44. The van der Waals surface area contributed by atoms with Gasteiger partial charge in [0.2, 0.25) is 0 Å². The molecule has 1 aliphatic heterocycles. The Kier molecular flexibility index (Phi) is 5.90. The topological polar surface area (TPSA) is 99.3 Å². The van der Waals surface area contributed by atoms with Crippen LogP contribution in [0.25, 0.3) is 0 Å². The summed E-state index contributed by atoms with van der Waals surface area (Å²) in [5.41, 5.74) is 2.10. The first-order chi connectivity index (χ1) is 15.0. The van der Waals surface area contributed by atoms with Gasteiger partial charge >= 0.3 is 0 Å². The number of amides is 1. The van der Waals surface area contributed by atoms with Crippen molar-refractivity contribution in [2.24, 2.45) is 0 Å². The number of nitrogens with one attached hydrogen (secondary N) is 1. The minimum atomic E-state index is -0.478. The SMILES string of the molecule is N#CC1(c2ccc(NC(=O)c3cc([N+](=O)[O-])ccc3N3CCCCC3)cc2)CCCC1. The molecule has 7 heteroatoms. The first kappa shape index (κ1) is 20.9. The Balaban J connectivity index is 1.58. The molecule has 0 bridgehead atoms. The van der Waals surface area contributed by atoms with Crippen molar-refractivity contribution in [3.63, 3.8) is 0 Å². The monoisotopic (exact) mass is 418 g/mol. The Morgan fingerprint density at radius 2 is 1.71 bits per heavy atom. The molecule has 1 amide bonds. The Bertz CT molecular complexity index is 1010. The predicted molar refractivity (Wildman–Crippen MR) is 119 cm³/mol. The van der Waals surface area contributed by atoms with Crippen molar-refractivity contribution in [1.82, 2.24) is 0 Å². The molecule has 0 unspecified atom stereocenters. The predicted octanol–water partition coefficient (Wildman–Crippen LogP) is 5.17. The average Bonchev–Trinajstić information content (AvgIpc) is 3.30. The standard InChI is InChI=1S/C24H26N4O3/c25-17-24(12-2-3-13-24)18-6-8-19(9-7-18)26-23(29)21-16-20(28(30)31)10-11-22(21)27-14-4-1-5-15-27/h6-11,16H,1-5,12-15H2,(H,26,29). The molecule has 2 fully saturated rings. The van der Waals surface area contributed by atoms with Gasteiger partial charge in [0.25, 0.3) is 11.6 Å². The van der Waals surface area contributed by atoms with E-state index < -0.39 is 10.3 Å². The van der Waals surface area contributed by atoms with Gasteiger partial charge in [-0.1, -0.05) is 25.0 Å². The number of nitro benzene ring substituents is 1. The minimum absolute atomic E-state index is 0.0987. The fraction of sp³-hybridized carbons (Fsp3) is 0.417. The van der Waals surface area contributed by atoms with E-state index in [4.69, 9.17) is 0 Å². The lowest BCUT2D eigenvalue weighted by atomic mass is 9.80. The fourth-order valence-corrected chi connectivity index (χ4v) is 4.74. The molecule has 4 rings (SSSR count). The highest BCUT2D eigenvalue weighted by atomic mass is 16.6. The number of carbonyl (C=O) groups is 1. The number of anilines is 2. The van der Waals surface area contributed by atoms with E-state index in [1.54, 1.807) is 6.07 Å². The van der Waals surface area contributed by atoms with E-state index in [-0.39, 0.29) is 11.6 Å². The largest absolute Gasteiger partial charge is 0.371 e. The van der Waals surface area contributed by atoms with E-state index >= 15 is 0 Å². The molecule has 1 heterocycles. The summed E-state index contributed by atoms with van der Waals surface area (Å²) in [5, 5.41) is 23.8. The van der Waals surface area contributed by atoms with Gasteiger partial charge in [-0.15, -0.1) is 0 Å². The van der Waals surface area contributed by atoms with Crippen LogP contribution in [-0.4, -0.2) is 23.9 Å². The molecule has 2 aromatic carbocycles. The number of nitrogens with zero attached hydrogens (tertiary/aromatic N) is 3. The van der Waals surface area contributed by atoms with Crippen LogP contribution in [0.2, 0.25) is 0 Å². The maximum Gasteiger partial charge on any atom is 0.270 e. The van der Waals surface area contributed by atoms with E-state index in [0.717, 1.165) is 69.3 Å². The Morgan fingerprint density at radius 1 is 1.03 bits per heavy atom. The zero-order valence-corrected chi connectivity index (χ0v) is 17.5. The fourth-order valence-electron chi connectivity index (χ4n) is 4.74. The number of hydrogen-bond acceptors (Lipinski definition) is 5. The van der Waals surface area contributed by atoms with Crippen molar-refractivity contribution in [3.8, 4) is 6.07 Å². The second kappa shape index (κ2) is 8.76. The number of rotatable bonds is 5.